The van der Waals surface area contributed by atoms with Gasteiger partial charge in [0.2, 0.25) is 11.9 Å². The molecular formula is C14H22N4O. The van der Waals surface area contributed by atoms with Crippen molar-refractivity contribution in [2.45, 2.75) is 39.5 Å². The molecule has 1 aliphatic rings. The Morgan fingerprint density at radius 1 is 1.32 bits per heavy atom. The van der Waals surface area contributed by atoms with Gasteiger partial charge in [0.1, 0.15) is 0 Å². The second kappa shape index (κ2) is 6.61. The van der Waals surface area contributed by atoms with E-state index < -0.39 is 0 Å². The van der Waals surface area contributed by atoms with Gasteiger partial charge in [0, 0.05) is 17.8 Å². The maximum atomic E-state index is 11.9. The van der Waals surface area contributed by atoms with Crippen molar-refractivity contribution in [2.75, 3.05) is 18.4 Å². The second-order valence-electron chi connectivity index (χ2n) is 5.25. The summed E-state index contributed by atoms with van der Waals surface area (Å²) in [5, 5.41) is 6.12. The Morgan fingerprint density at radius 2 is 1.95 bits per heavy atom. The third kappa shape index (κ3) is 4.59. The van der Waals surface area contributed by atoms with Gasteiger partial charge in [-0.05, 0) is 58.2 Å². The molecule has 1 aromatic rings. The Balaban J connectivity index is 1.80. The van der Waals surface area contributed by atoms with Gasteiger partial charge in [-0.15, -0.1) is 0 Å². The predicted octanol–water partition coefficient (Wildman–Crippen LogP) is 1.81. The lowest BCUT2D eigenvalue weighted by atomic mass is 9.93. The summed E-state index contributed by atoms with van der Waals surface area (Å²) in [6, 6.07) is 1.89. The number of piperidine rings is 1. The topological polar surface area (TPSA) is 66.9 Å². The summed E-state index contributed by atoms with van der Waals surface area (Å²) in [6.45, 7) is 5.96. The first-order chi connectivity index (χ1) is 9.13. The number of anilines is 1. The van der Waals surface area contributed by atoms with Crippen molar-refractivity contribution < 1.29 is 4.79 Å². The molecule has 2 N–H and O–H groups in total. The van der Waals surface area contributed by atoms with E-state index in [4.69, 9.17) is 0 Å². The smallest absolute Gasteiger partial charge is 0.229 e. The Kier molecular flexibility index (Phi) is 4.85. The van der Waals surface area contributed by atoms with E-state index in [1.54, 1.807) is 0 Å². The molecule has 2 heterocycles. The molecule has 1 aromatic heterocycles. The van der Waals surface area contributed by atoms with Crippen LogP contribution in [0.3, 0.4) is 0 Å². The summed E-state index contributed by atoms with van der Waals surface area (Å²) < 4.78 is 0. The highest BCUT2D eigenvalue weighted by Gasteiger charge is 2.15. The highest BCUT2D eigenvalue weighted by atomic mass is 16.1. The molecule has 0 atom stereocenters. The molecule has 19 heavy (non-hydrogen) atoms. The Bertz CT molecular complexity index is 421. The summed E-state index contributed by atoms with van der Waals surface area (Å²) >= 11 is 0. The molecule has 0 aliphatic carbocycles. The number of carbonyl (C=O) groups is 1. The van der Waals surface area contributed by atoms with Crippen molar-refractivity contribution in [2.24, 2.45) is 5.92 Å². The van der Waals surface area contributed by atoms with Gasteiger partial charge in [-0.3, -0.25) is 10.1 Å². The third-order valence-electron chi connectivity index (χ3n) is 3.47. The van der Waals surface area contributed by atoms with Gasteiger partial charge in [0.25, 0.3) is 0 Å². The molecule has 104 valence electrons. The van der Waals surface area contributed by atoms with Crippen LogP contribution in [-0.4, -0.2) is 29.0 Å². The molecule has 0 aromatic carbocycles. The highest BCUT2D eigenvalue weighted by molar-refractivity contribution is 5.88. The number of rotatable bonds is 4. The van der Waals surface area contributed by atoms with Gasteiger partial charge in [-0.2, -0.15) is 0 Å². The zero-order chi connectivity index (χ0) is 13.7. The predicted molar refractivity (Wildman–Crippen MR) is 75.0 cm³/mol. The first kappa shape index (κ1) is 13.9. The lowest BCUT2D eigenvalue weighted by molar-refractivity contribution is -0.116. The monoisotopic (exact) mass is 262 g/mol. The zero-order valence-corrected chi connectivity index (χ0v) is 11.7. The van der Waals surface area contributed by atoms with Crippen LogP contribution in [0.4, 0.5) is 5.95 Å². The number of hydrogen-bond acceptors (Lipinski definition) is 4. The quantitative estimate of drug-likeness (QED) is 0.868. The minimum absolute atomic E-state index is 0.0172. The van der Waals surface area contributed by atoms with Crippen molar-refractivity contribution in [3.63, 3.8) is 0 Å². The third-order valence-corrected chi connectivity index (χ3v) is 3.47. The van der Waals surface area contributed by atoms with E-state index in [0.29, 0.717) is 18.3 Å². The Labute approximate surface area is 114 Å². The molecule has 5 heteroatoms. The van der Waals surface area contributed by atoms with Crippen LogP contribution in [0.5, 0.6) is 0 Å². The standard InChI is InChI=1S/C14H22N4O/c1-10-9-11(2)17-14(16-10)18-13(19)4-3-12-5-7-15-8-6-12/h9,12,15H,3-8H2,1-2H3,(H,16,17,18,19). The van der Waals surface area contributed by atoms with Gasteiger partial charge >= 0.3 is 0 Å². The fraction of sp³-hybridized carbons (Fsp3) is 0.643. The number of hydrogen-bond donors (Lipinski definition) is 2. The minimum atomic E-state index is 0.0172. The molecule has 1 fully saturated rings. The number of aromatic nitrogens is 2. The number of nitrogens with one attached hydrogen (secondary N) is 2. The lowest BCUT2D eigenvalue weighted by Crippen LogP contribution is -2.28. The van der Waals surface area contributed by atoms with Crippen LogP contribution in [0.1, 0.15) is 37.1 Å². The van der Waals surface area contributed by atoms with Gasteiger partial charge in [0.15, 0.2) is 0 Å². The number of carbonyl (C=O) groups excluding carboxylic acids is 1. The van der Waals surface area contributed by atoms with E-state index in [1.165, 1.54) is 12.8 Å². The number of nitrogens with zero attached hydrogens (tertiary/aromatic N) is 2. The average Bonchev–Trinajstić information content (AvgIpc) is 2.36. The molecule has 1 saturated heterocycles. The fourth-order valence-corrected chi connectivity index (χ4v) is 2.47. The average molecular weight is 262 g/mol. The van der Waals surface area contributed by atoms with E-state index in [0.717, 1.165) is 30.9 Å². The fourth-order valence-electron chi connectivity index (χ4n) is 2.47. The molecule has 2 rings (SSSR count). The van der Waals surface area contributed by atoms with Gasteiger partial charge in [0.05, 0.1) is 0 Å². The summed E-state index contributed by atoms with van der Waals surface area (Å²) in [6.07, 6.45) is 3.86. The molecule has 0 radical (unpaired) electrons. The van der Waals surface area contributed by atoms with E-state index in [1.807, 2.05) is 19.9 Å². The van der Waals surface area contributed by atoms with Crippen molar-refractivity contribution >= 4 is 11.9 Å². The van der Waals surface area contributed by atoms with E-state index in [2.05, 4.69) is 20.6 Å². The van der Waals surface area contributed by atoms with E-state index in [9.17, 15) is 4.79 Å². The van der Waals surface area contributed by atoms with E-state index in [-0.39, 0.29) is 5.91 Å². The largest absolute Gasteiger partial charge is 0.317 e. The van der Waals surface area contributed by atoms with Crippen molar-refractivity contribution in [1.82, 2.24) is 15.3 Å². The zero-order valence-electron chi connectivity index (χ0n) is 11.7. The molecular weight excluding hydrogens is 240 g/mol. The molecule has 1 amide bonds. The normalized spacial score (nSPS) is 16.3. The van der Waals surface area contributed by atoms with Crippen molar-refractivity contribution in [3.05, 3.63) is 17.5 Å². The van der Waals surface area contributed by atoms with Crippen LogP contribution >= 0.6 is 0 Å². The van der Waals surface area contributed by atoms with Gasteiger partial charge in [-0.1, -0.05) is 0 Å². The summed E-state index contributed by atoms with van der Waals surface area (Å²) in [7, 11) is 0. The van der Waals surface area contributed by atoms with Crippen LogP contribution in [0.2, 0.25) is 0 Å². The van der Waals surface area contributed by atoms with Crippen molar-refractivity contribution in [3.8, 4) is 0 Å². The minimum Gasteiger partial charge on any atom is -0.317 e. The maximum Gasteiger partial charge on any atom is 0.229 e. The SMILES string of the molecule is Cc1cc(C)nc(NC(=O)CCC2CCNCC2)n1. The van der Waals surface area contributed by atoms with Crippen molar-refractivity contribution in [1.29, 1.82) is 0 Å². The first-order valence-electron chi connectivity index (χ1n) is 6.96. The van der Waals surface area contributed by atoms with Crippen LogP contribution in [0.25, 0.3) is 0 Å². The highest BCUT2D eigenvalue weighted by Crippen LogP contribution is 2.18. The summed E-state index contributed by atoms with van der Waals surface area (Å²) in [5.74, 6) is 1.11. The number of aryl methyl sites for hydroxylation is 2. The lowest BCUT2D eigenvalue weighted by Gasteiger charge is -2.22. The van der Waals surface area contributed by atoms with Crippen LogP contribution < -0.4 is 10.6 Å². The van der Waals surface area contributed by atoms with Gasteiger partial charge < -0.3 is 5.32 Å². The molecule has 0 spiro atoms. The molecule has 1 aliphatic heterocycles. The molecule has 0 unspecified atom stereocenters. The Hall–Kier alpha value is -1.49. The summed E-state index contributed by atoms with van der Waals surface area (Å²) in [5.41, 5.74) is 1.75. The first-order valence-corrected chi connectivity index (χ1v) is 6.96. The molecule has 5 nitrogen and oxygen atoms in total. The number of amides is 1. The molecule has 0 saturated carbocycles. The Morgan fingerprint density at radius 3 is 2.58 bits per heavy atom. The second-order valence-corrected chi connectivity index (χ2v) is 5.25. The van der Waals surface area contributed by atoms with Crippen LogP contribution in [0.15, 0.2) is 6.07 Å². The maximum absolute atomic E-state index is 11.9. The van der Waals surface area contributed by atoms with Gasteiger partial charge in [-0.25, -0.2) is 9.97 Å². The van der Waals surface area contributed by atoms with Crippen LogP contribution in [0, 0.1) is 19.8 Å². The van der Waals surface area contributed by atoms with E-state index >= 15 is 0 Å². The molecule has 0 bridgehead atoms. The summed E-state index contributed by atoms with van der Waals surface area (Å²) in [4.78, 5) is 20.3. The van der Waals surface area contributed by atoms with Crippen LogP contribution in [-0.2, 0) is 4.79 Å².